The lowest BCUT2D eigenvalue weighted by molar-refractivity contribution is -0.130. The summed E-state index contributed by atoms with van der Waals surface area (Å²) in [6.45, 7) is 7.04. The topological polar surface area (TPSA) is 50.1 Å². The minimum absolute atomic E-state index is 0.358. The summed E-state index contributed by atoms with van der Waals surface area (Å²) >= 11 is 0. The van der Waals surface area contributed by atoms with Crippen molar-refractivity contribution in [2.45, 2.75) is 20.3 Å². The molecule has 1 rings (SSSR count). The van der Waals surface area contributed by atoms with Crippen LogP contribution in [0, 0.1) is 11.3 Å². The van der Waals surface area contributed by atoms with Gasteiger partial charge in [0.15, 0.2) is 0 Å². The van der Waals surface area contributed by atoms with Crippen molar-refractivity contribution in [3.05, 3.63) is 47.6 Å². The number of benzene rings is 1. The number of hydrogen-bond donors (Lipinski definition) is 0. The average Bonchev–Trinajstić information content (AvgIpc) is 2.37. The molecule has 0 spiro atoms. The first-order valence-corrected chi connectivity index (χ1v) is 5.65. The number of carbonyl (C=O) groups excluding carboxylic acids is 1. The fraction of sp³-hybridized carbons (Fsp3) is 0.200. The van der Waals surface area contributed by atoms with E-state index in [1.54, 1.807) is 31.2 Å². The van der Waals surface area contributed by atoms with Crippen LogP contribution in [0.3, 0.4) is 0 Å². The maximum atomic E-state index is 11.3. The van der Waals surface area contributed by atoms with Crippen LogP contribution in [0.1, 0.15) is 25.8 Å². The maximum Gasteiger partial charge on any atom is 0.338 e. The van der Waals surface area contributed by atoms with Gasteiger partial charge in [0, 0.05) is 11.1 Å². The van der Waals surface area contributed by atoms with Gasteiger partial charge < -0.3 is 4.74 Å². The molecular weight excluding hydrogens is 226 g/mol. The van der Waals surface area contributed by atoms with Crippen LogP contribution in [-0.2, 0) is 4.79 Å². The van der Waals surface area contributed by atoms with Gasteiger partial charge >= 0.3 is 5.97 Å². The molecule has 0 aromatic heterocycles. The Labute approximate surface area is 107 Å². The summed E-state index contributed by atoms with van der Waals surface area (Å²) in [7, 11) is 0. The van der Waals surface area contributed by atoms with Crippen LogP contribution >= 0.6 is 0 Å². The van der Waals surface area contributed by atoms with Gasteiger partial charge in [-0.25, -0.2) is 4.79 Å². The second-order valence-electron chi connectivity index (χ2n) is 3.87. The predicted octanol–water partition coefficient (Wildman–Crippen LogP) is 3.49. The van der Waals surface area contributed by atoms with E-state index < -0.39 is 5.97 Å². The minimum Gasteiger partial charge on any atom is -0.423 e. The molecule has 0 radical (unpaired) electrons. The summed E-state index contributed by atoms with van der Waals surface area (Å²) in [5, 5.41) is 8.82. The van der Waals surface area contributed by atoms with Crippen LogP contribution in [0.5, 0.6) is 5.75 Å². The molecule has 0 aliphatic heterocycles. The van der Waals surface area contributed by atoms with Crippen molar-refractivity contribution in [3.8, 4) is 11.8 Å². The van der Waals surface area contributed by atoms with Crippen molar-refractivity contribution in [2.75, 3.05) is 0 Å². The summed E-state index contributed by atoms with van der Waals surface area (Å²) in [6, 6.07) is 9.11. The number of nitriles is 1. The van der Waals surface area contributed by atoms with Crippen molar-refractivity contribution < 1.29 is 9.53 Å². The van der Waals surface area contributed by atoms with Crippen molar-refractivity contribution >= 4 is 12.0 Å². The van der Waals surface area contributed by atoms with Crippen molar-refractivity contribution in [1.29, 1.82) is 5.26 Å². The molecule has 3 heteroatoms. The fourth-order valence-electron chi connectivity index (χ4n) is 1.24. The zero-order valence-corrected chi connectivity index (χ0v) is 10.6. The predicted molar refractivity (Wildman–Crippen MR) is 70.8 cm³/mol. The fourth-order valence-corrected chi connectivity index (χ4v) is 1.24. The van der Waals surface area contributed by atoms with Crippen LogP contribution in [0.2, 0.25) is 0 Å². The standard InChI is InChI=1S/C15H15NO2/c1-4-12(10-16)9-13-5-7-14(8-6-13)18-15(17)11(2)3/h5-9H,2,4H2,1,3H3/b12-9+. The molecule has 1 aromatic carbocycles. The van der Waals surface area contributed by atoms with Crippen molar-refractivity contribution in [1.82, 2.24) is 0 Å². The van der Waals surface area contributed by atoms with Crippen LogP contribution in [0.25, 0.3) is 6.08 Å². The highest BCUT2D eigenvalue weighted by atomic mass is 16.5. The van der Waals surface area contributed by atoms with Gasteiger partial charge in [0.1, 0.15) is 5.75 Å². The van der Waals surface area contributed by atoms with Crippen LogP contribution in [0.15, 0.2) is 42.0 Å². The quantitative estimate of drug-likeness (QED) is 0.351. The molecule has 18 heavy (non-hydrogen) atoms. The zero-order chi connectivity index (χ0) is 13.5. The van der Waals surface area contributed by atoms with Crippen molar-refractivity contribution in [3.63, 3.8) is 0 Å². The van der Waals surface area contributed by atoms with E-state index in [0.717, 1.165) is 5.56 Å². The molecule has 0 unspecified atom stereocenters. The smallest absolute Gasteiger partial charge is 0.338 e. The summed E-state index contributed by atoms with van der Waals surface area (Å²) in [5.74, 6) is 0.0275. The van der Waals surface area contributed by atoms with Crippen LogP contribution in [-0.4, -0.2) is 5.97 Å². The van der Waals surface area contributed by atoms with E-state index in [-0.39, 0.29) is 0 Å². The molecule has 1 aromatic rings. The first-order valence-electron chi connectivity index (χ1n) is 5.65. The van der Waals surface area contributed by atoms with Crippen LogP contribution in [0.4, 0.5) is 0 Å². The summed E-state index contributed by atoms with van der Waals surface area (Å²) in [4.78, 5) is 11.3. The highest BCUT2D eigenvalue weighted by Crippen LogP contribution is 2.16. The summed E-state index contributed by atoms with van der Waals surface area (Å²) in [5.41, 5.74) is 1.97. The molecule has 0 bridgehead atoms. The number of rotatable bonds is 4. The Morgan fingerprint density at radius 1 is 1.44 bits per heavy atom. The van der Waals surface area contributed by atoms with E-state index in [0.29, 0.717) is 23.3 Å². The van der Waals surface area contributed by atoms with E-state index in [2.05, 4.69) is 12.6 Å². The molecule has 0 atom stereocenters. The highest BCUT2D eigenvalue weighted by Gasteiger charge is 2.04. The molecule has 0 N–H and O–H groups in total. The molecule has 0 saturated heterocycles. The number of esters is 1. The first kappa shape index (κ1) is 13.7. The third-order valence-electron chi connectivity index (χ3n) is 2.30. The zero-order valence-electron chi connectivity index (χ0n) is 10.6. The third-order valence-corrected chi connectivity index (χ3v) is 2.30. The monoisotopic (exact) mass is 241 g/mol. The van der Waals surface area contributed by atoms with Gasteiger partial charge in [-0.1, -0.05) is 25.6 Å². The van der Waals surface area contributed by atoms with Gasteiger partial charge in [-0.05, 0) is 37.1 Å². The lowest BCUT2D eigenvalue weighted by atomic mass is 10.1. The van der Waals surface area contributed by atoms with E-state index in [1.165, 1.54) is 0 Å². The van der Waals surface area contributed by atoms with Gasteiger partial charge in [-0.15, -0.1) is 0 Å². The third kappa shape index (κ3) is 3.91. The number of hydrogen-bond acceptors (Lipinski definition) is 3. The highest BCUT2D eigenvalue weighted by molar-refractivity contribution is 5.88. The Kier molecular flexibility index (Phi) is 4.89. The lowest BCUT2D eigenvalue weighted by Crippen LogP contribution is -2.07. The number of carbonyl (C=O) groups is 1. The Balaban J connectivity index is 2.81. The van der Waals surface area contributed by atoms with E-state index in [1.807, 2.05) is 13.0 Å². The molecule has 0 saturated carbocycles. The van der Waals surface area contributed by atoms with E-state index >= 15 is 0 Å². The molecule has 92 valence electrons. The molecular formula is C15H15NO2. The largest absolute Gasteiger partial charge is 0.423 e. The summed E-state index contributed by atoms with van der Waals surface area (Å²) in [6.07, 6.45) is 2.51. The molecule has 3 nitrogen and oxygen atoms in total. The number of allylic oxidation sites excluding steroid dienone is 1. The Bertz CT molecular complexity index is 518. The van der Waals surface area contributed by atoms with E-state index in [9.17, 15) is 4.79 Å². The minimum atomic E-state index is -0.440. The average molecular weight is 241 g/mol. The number of nitrogens with zero attached hydrogens (tertiary/aromatic N) is 1. The molecule has 0 heterocycles. The van der Waals surface area contributed by atoms with Crippen molar-refractivity contribution in [2.24, 2.45) is 0 Å². The van der Waals surface area contributed by atoms with Gasteiger partial charge in [-0.3, -0.25) is 0 Å². The maximum absolute atomic E-state index is 11.3. The molecule has 0 aliphatic carbocycles. The number of ether oxygens (including phenoxy) is 1. The summed E-state index contributed by atoms with van der Waals surface area (Å²) < 4.78 is 5.06. The first-order chi connectivity index (χ1) is 8.56. The van der Waals surface area contributed by atoms with Gasteiger partial charge in [0.05, 0.1) is 6.07 Å². The Morgan fingerprint density at radius 2 is 2.06 bits per heavy atom. The van der Waals surface area contributed by atoms with Crippen LogP contribution < -0.4 is 4.74 Å². The second-order valence-corrected chi connectivity index (χ2v) is 3.87. The molecule has 0 fully saturated rings. The van der Waals surface area contributed by atoms with Gasteiger partial charge in [-0.2, -0.15) is 5.26 Å². The molecule has 0 amide bonds. The normalized spacial score (nSPS) is 10.6. The lowest BCUT2D eigenvalue weighted by Gasteiger charge is -2.03. The van der Waals surface area contributed by atoms with Gasteiger partial charge in [0.25, 0.3) is 0 Å². The molecule has 0 aliphatic rings. The van der Waals surface area contributed by atoms with Gasteiger partial charge in [0.2, 0.25) is 0 Å². The van der Waals surface area contributed by atoms with E-state index in [4.69, 9.17) is 10.00 Å². The second kappa shape index (κ2) is 6.41. The Hall–Kier alpha value is -2.34. The Morgan fingerprint density at radius 3 is 2.50 bits per heavy atom. The SMILES string of the molecule is C=C(C)C(=O)Oc1ccc(/C=C(/C#N)CC)cc1.